The van der Waals surface area contributed by atoms with Crippen molar-refractivity contribution in [2.45, 2.75) is 13.0 Å². The second kappa shape index (κ2) is 3.54. The van der Waals surface area contributed by atoms with Crippen molar-refractivity contribution in [3.63, 3.8) is 0 Å². The van der Waals surface area contributed by atoms with Crippen LogP contribution in [0.2, 0.25) is 0 Å². The second-order valence-corrected chi connectivity index (χ2v) is 3.32. The molecule has 0 atom stereocenters. The fraction of sp³-hybridized carbons (Fsp3) is 0.222. The highest BCUT2D eigenvalue weighted by Gasteiger charge is 2.01. The Morgan fingerprint density at radius 3 is 2.67 bits per heavy atom. The first-order valence-electron chi connectivity index (χ1n) is 3.83. The van der Waals surface area contributed by atoms with Gasteiger partial charge in [0.1, 0.15) is 0 Å². The van der Waals surface area contributed by atoms with Crippen LogP contribution < -0.4 is 5.73 Å². The Morgan fingerprint density at radius 1 is 1.50 bits per heavy atom. The predicted molar refractivity (Wildman–Crippen MR) is 51.9 cm³/mol. The minimum Gasteiger partial charge on any atom is -0.366 e. The summed E-state index contributed by atoms with van der Waals surface area (Å²) in [6.45, 7) is 1.97. The third-order valence-corrected chi connectivity index (χ3v) is 2.29. The van der Waals surface area contributed by atoms with Crippen LogP contribution >= 0.6 is 0 Å². The van der Waals surface area contributed by atoms with Gasteiger partial charge in [-0.25, -0.2) is 0 Å². The zero-order valence-electron chi connectivity index (χ0n) is 7.13. The lowest BCUT2D eigenvalue weighted by molar-refractivity contribution is 0.1000. The zero-order valence-corrected chi connectivity index (χ0v) is 8.55. The highest BCUT2D eigenvalue weighted by Crippen LogP contribution is 2.08. The molecule has 3 heteroatoms. The number of carbonyl (C=O) groups excluding carboxylic acids is 1. The van der Waals surface area contributed by atoms with Gasteiger partial charge in [0.15, 0.2) is 0 Å². The number of amides is 1. The highest BCUT2D eigenvalue weighted by atomic mass is 28.1. The van der Waals surface area contributed by atoms with E-state index < -0.39 is 0 Å². The lowest BCUT2D eigenvalue weighted by Gasteiger charge is -2.02. The van der Waals surface area contributed by atoms with Crippen LogP contribution in [0.5, 0.6) is 0 Å². The van der Waals surface area contributed by atoms with E-state index in [2.05, 4.69) is 6.07 Å². The third-order valence-electron chi connectivity index (χ3n) is 1.71. The fourth-order valence-electron chi connectivity index (χ4n) is 1.15. The molecule has 63 valence electrons. The lowest BCUT2D eigenvalue weighted by Crippen LogP contribution is -2.11. The molecule has 2 nitrogen and oxygen atoms in total. The van der Waals surface area contributed by atoms with E-state index in [9.17, 15) is 4.79 Å². The topological polar surface area (TPSA) is 43.1 Å². The summed E-state index contributed by atoms with van der Waals surface area (Å²) in [5, 5.41) is 0. The van der Waals surface area contributed by atoms with Crippen LogP contribution in [0, 0.1) is 6.92 Å². The van der Waals surface area contributed by atoms with E-state index in [4.69, 9.17) is 5.73 Å². The van der Waals surface area contributed by atoms with Crippen molar-refractivity contribution in [1.82, 2.24) is 0 Å². The summed E-state index contributed by atoms with van der Waals surface area (Å²) in [5.41, 5.74) is 8.04. The minimum atomic E-state index is -0.350. The van der Waals surface area contributed by atoms with E-state index in [0.717, 1.165) is 11.6 Å². The summed E-state index contributed by atoms with van der Waals surface area (Å²) < 4.78 is 0. The highest BCUT2D eigenvalue weighted by molar-refractivity contribution is 6.08. The maximum Gasteiger partial charge on any atom is 0.248 e. The molecule has 0 fully saturated rings. The van der Waals surface area contributed by atoms with Gasteiger partial charge in [0.2, 0.25) is 5.91 Å². The molecule has 2 N–H and O–H groups in total. The van der Waals surface area contributed by atoms with E-state index in [0.29, 0.717) is 5.56 Å². The number of hydrogen-bond acceptors (Lipinski definition) is 1. The van der Waals surface area contributed by atoms with Crippen LogP contribution in [0.4, 0.5) is 0 Å². The minimum absolute atomic E-state index is 0.350. The molecular weight excluding hydrogens is 166 g/mol. The molecule has 0 saturated heterocycles. The third kappa shape index (κ3) is 1.95. The number of primary amides is 1. The molecule has 0 heterocycles. The summed E-state index contributed by atoms with van der Waals surface area (Å²) in [7, 11) is 1.87. The van der Waals surface area contributed by atoms with Gasteiger partial charge >= 0.3 is 0 Å². The number of hydrogen-bond donors (Lipinski definition) is 1. The van der Waals surface area contributed by atoms with Gasteiger partial charge in [0.05, 0.1) is 0 Å². The van der Waals surface area contributed by atoms with Crippen LogP contribution in [-0.4, -0.2) is 16.1 Å². The van der Waals surface area contributed by atoms with Crippen molar-refractivity contribution in [3.8, 4) is 0 Å². The Morgan fingerprint density at radius 2 is 2.17 bits per heavy atom. The van der Waals surface area contributed by atoms with Crippen LogP contribution in [0.15, 0.2) is 18.2 Å². The van der Waals surface area contributed by atoms with Crippen molar-refractivity contribution in [3.05, 3.63) is 34.9 Å². The number of rotatable bonds is 2. The Hall–Kier alpha value is -1.09. The van der Waals surface area contributed by atoms with E-state index in [1.165, 1.54) is 5.56 Å². The van der Waals surface area contributed by atoms with Gasteiger partial charge in [-0.15, -0.1) is 0 Å². The van der Waals surface area contributed by atoms with E-state index in [-0.39, 0.29) is 5.91 Å². The average Bonchev–Trinajstić information content (AvgIpc) is 2.03. The summed E-state index contributed by atoms with van der Waals surface area (Å²) in [4.78, 5) is 10.8. The quantitative estimate of drug-likeness (QED) is 0.647. The molecule has 0 aliphatic rings. The van der Waals surface area contributed by atoms with Gasteiger partial charge in [0.25, 0.3) is 0 Å². The van der Waals surface area contributed by atoms with Crippen molar-refractivity contribution >= 4 is 16.1 Å². The predicted octanol–water partition coefficient (Wildman–Crippen LogP) is 0.227. The van der Waals surface area contributed by atoms with Crippen molar-refractivity contribution < 1.29 is 4.79 Å². The molecule has 12 heavy (non-hydrogen) atoms. The largest absolute Gasteiger partial charge is 0.366 e. The van der Waals surface area contributed by atoms with Crippen LogP contribution in [0.25, 0.3) is 0 Å². The first-order valence-corrected chi connectivity index (χ1v) is 4.83. The molecule has 0 aliphatic carbocycles. The average molecular weight is 178 g/mol. The van der Waals surface area contributed by atoms with Crippen LogP contribution in [-0.2, 0) is 6.04 Å². The van der Waals surface area contributed by atoms with Gasteiger partial charge in [0, 0.05) is 15.8 Å². The van der Waals surface area contributed by atoms with Crippen molar-refractivity contribution in [2.24, 2.45) is 5.73 Å². The van der Waals surface area contributed by atoms with Crippen LogP contribution in [0.3, 0.4) is 0 Å². The number of benzene rings is 1. The first kappa shape index (κ1) is 9.00. The molecule has 0 bridgehead atoms. The molecule has 1 aromatic carbocycles. The number of nitrogens with two attached hydrogens (primary N) is 1. The SMILES string of the molecule is Cc1cc(C[SiH2])cc(C(N)=O)c1. The van der Waals surface area contributed by atoms with Gasteiger partial charge in [-0.3, -0.25) is 4.79 Å². The first-order chi connectivity index (χ1) is 5.63. The Labute approximate surface area is 75.2 Å². The zero-order chi connectivity index (χ0) is 9.14. The normalized spacial score (nSPS) is 9.83. The molecule has 1 radical (unpaired) electrons. The Bertz CT molecular complexity index is 309. The molecule has 0 aliphatic heterocycles. The maximum absolute atomic E-state index is 10.8. The second-order valence-electron chi connectivity index (χ2n) is 2.82. The summed E-state index contributed by atoms with van der Waals surface area (Å²) in [6, 6.07) is 6.69. The Balaban J connectivity index is 3.15. The molecule has 0 unspecified atom stereocenters. The number of aryl methyl sites for hydroxylation is 1. The summed E-state index contributed by atoms with van der Waals surface area (Å²) in [6.07, 6.45) is 0. The summed E-state index contributed by atoms with van der Waals surface area (Å²) in [5.74, 6) is -0.350. The van der Waals surface area contributed by atoms with E-state index >= 15 is 0 Å². The smallest absolute Gasteiger partial charge is 0.248 e. The van der Waals surface area contributed by atoms with Crippen molar-refractivity contribution in [2.75, 3.05) is 0 Å². The number of carbonyl (C=O) groups is 1. The molecule has 1 rings (SSSR count). The van der Waals surface area contributed by atoms with Gasteiger partial charge in [-0.2, -0.15) is 0 Å². The van der Waals surface area contributed by atoms with Gasteiger partial charge in [-0.05, 0) is 25.1 Å². The fourth-order valence-corrected chi connectivity index (χ4v) is 1.44. The monoisotopic (exact) mass is 178 g/mol. The molecule has 1 aromatic rings. The summed E-state index contributed by atoms with van der Waals surface area (Å²) >= 11 is 0. The standard InChI is InChI=1S/C9H12NOSi/c1-6-2-7(5-12)4-8(3-6)9(10)11/h2-4H,5,12H2,1H3,(H2,10,11). The maximum atomic E-state index is 10.8. The van der Waals surface area contributed by atoms with E-state index in [1.807, 2.05) is 29.3 Å². The van der Waals surface area contributed by atoms with Gasteiger partial charge in [-0.1, -0.05) is 17.2 Å². The molecule has 1 amide bonds. The van der Waals surface area contributed by atoms with Crippen LogP contribution in [0.1, 0.15) is 21.5 Å². The van der Waals surface area contributed by atoms with E-state index in [1.54, 1.807) is 0 Å². The van der Waals surface area contributed by atoms with Gasteiger partial charge < -0.3 is 5.73 Å². The molecule has 0 spiro atoms. The molecule has 0 saturated carbocycles. The molecule has 0 aromatic heterocycles. The Kier molecular flexibility index (Phi) is 2.65. The molecular formula is C9H12NOSi. The van der Waals surface area contributed by atoms with Crippen molar-refractivity contribution in [1.29, 1.82) is 0 Å². The lowest BCUT2D eigenvalue weighted by atomic mass is 10.1.